The molecule has 114 valence electrons. The van der Waals surface area contributed by atoms with Gasteiger partial charge in [0.2, 0.25) is 0 Å². The zero-order valence-electron chi connectivity index (χ0n) is 13.3. The molecule has 3 nitrogen and oxygen atoms in total. The maximum atomic E-state index is 4.62. The number of aromatic nitrogens is 2. The quantitative estimate of drug-likeness (QED) is 0.697. The lowest BCUT2D eigenvalue weighted by Gasteiger charge is -2.06. The summed E-state index contributed by atoms with van der Waals surface area (Å²) in [5.41, 5.74) is 2.96. The van der Waals surface area contributed by atoms with Crippen molar-refractivity contribution in [2.45, 2.75) is 52.5 Å². The van der Waals surface area contributed by atoms with Gasteiger partial charge in [-0.3, -0.25) is 4.98 Å². The van der Waals surface area contributed by atoms with Crippen LogP contribution in [0.3, 0.4) is 0 Å². The number of nitrogens with zero attached hydrogens (tertiary/aromatic N) is 2. The standard InChI is InChI=1S/C18H27N3/c1-15(2)9-5-3-4-8-12-19-13-16-14-20-17-10-6-7-11-18(17)21-16/h6-7,10-11,14-15,19H,3-5,8-9,12-13H2,1-2H3. The van der Waals surface area contributed by atoms with E-state index >= 15 is 0 Å². The number of fused-ring (bicyclic) bond motifs is 1. The van der Waals surface area contributed by atoms with Gasteiger partial charge in [-0.05, 0) is 31.0 Å². The van der Waals surface area contributed by atoms with Crippen molar-refractivity contribution in [3.8, 4) is 0 Å². The van der Waals surface area contributed by atoms with Gasteiger partial charge in [0.15, 0.2) is 0 Å². The van der Waals surface area contributed by atoms with Crippen LogP contribution in [0.4, 0.5) is 0 Å². The number of rotatable bonds is 9. The molecule has 3 heteroatoms. The number of hydrogen-bond acceptors (Lipinski definition) is 3. The minimum absolute atomic E-state index is 0.809. The summed E-state index contributed by atoms with van der Waals surface area (Å²) >= 11 is 0. The lowest BCUT2D eigenvalue weighted by atomic mass is 10.0. The topological polar surface area (TPSA) is 37.8 Å². The van der Waals surface area contributed by atoms with E-state index in [2.05, 4.69) is 29.1 Å². The third kappa shape index (κ3) is 5.80. The van der Waals surface area contributed by atoms with Crippen molar-refractivity contribution in [3.05, 3.63) is 36.2 Å². The Labute approximate surface area is 128 Å². The molecule has 0 bridgehead atoms. The maximum Gasteiger partial charge on any atom is 0.0890 e. The first-order valence-corrected chi connectivity index (χ1v) is 8.17. The molecule has 0 saturated heterocycles. The van der Waals surface area contributed by atoms with E-state index in [1.807, 2.05) is 30.5 Å². The summed E-state index contributed by atoms with van der Waals surface area (Å²) in [5, 5.41) is 3.46. The number of nitrogens with one attached hydrogen (secondary N) is 1. The van der Waals surface area contributed by atoms with Crippen LogP contribution in [0.1, 0.15) is 51.6 Å². The Balaban J connectivity index is 1.61. The van der Waals surface area contributed by atoms with Gasteiger partial charge in [0.25, 0.3) is 0 Å². The molecule has 0 fully saturated rings. The Kier molecular flexibility index (Phi) is 6.61. The van der Waals surface area contributed by atoms with Crippen molar-refractivity contribution in [1.82, 2.24) is 15.3 Å². The Hall–Kier alpha value is -1.48. The Morgan fingerprint density at radius 3 is 2.57 bits per heavy atom. The third-order valence-electron chi connectivity index (χ3n) is 3.69. The van der Waals surface area contributed by atoms with Crippen LogP contribution in [0, 0.1) is 5.92 Å². The van der Waals surface area contributed by atoms with E-state index in [4.69, 9.17) is 0 Å². The van der Waals surface area contributed by atoms with E-state index in [1.165, 1.54) is 32.1 Å². The average Bonchev–Trinajstić information content (AvgIpc) is 2.49. The molecule has 2 rings (SSSR count). The van der Waals surface area contributed by atoms with Gasteiger partial charge >= 0.3 is 0 Å². The molecule has 1 aromatic carbocycles. The van der Waals surface area contributed by atoms with Crippen molar-refractivity contribution in [2.24, 2.45) is 5.92 Å². The molecule has 0 aliphatic carbocycles. The summed E-state index contributed by atoms with van der Waals surface area (Å²) in [5.74, 6) is 0.842. The second-order valence-electron chi connectivity index (χ2n) is 6.12. The van der Waals surface area contributed by atoms with Gasteiger partial charge < -0.3 is 5.32 Å². The minimum Gasteiger partial charge on any atom is -0.311 e. The first kappa shape index (κ1) is 15.9. The summed E-state index contributed by atoms with van der Waals surface area (Å²) in [4.78, 5) is 9.05. The van der Waals surface area contributed by atoms with E-state index in [-0.39, 0.29) is 0 Å². The first-order valence-electron chi connectivity index (χ1n) is 8.17. The molecule has 1 N–H and O–H groups in total. The highest BCUT2D eigenvalue weighted by Gasteiger charge is 1.99. The largest absolute Gasteiger partial charge is 0.311 e. The molecule has 0 unspecified atom stereocenters. The fraction of sp³-hybridized carbons (Fsp3) is 0.556. The van der Waals surface area contributed by atoms with Gasteiger partial charge in [-0.1, -0.05) is 51.7 Å². The van der Waals surface area contributed by atoms with Crippen LogP contribution in [-0.2, 0) is 6.54 Å². The van der Waals surface area contributed by atoms with Crippen LogP contribution in [0.2, 0.25) is 0 Å². The molecule has 0 aliphatic heterocycles. The molecule has 1 heterocycles. The highest BCUT2D eigenvalue weighted by atomic mass is 14.9. The van der Waals surface area contributed by atoms with E-state index < -0.39 is 0 Å². The Morgan fingerprint density at radius 1 is 1.00 bits per heavy atom. The van der Waals surface area contributed by atoms with Gasteiger partial charge in [-0.25, -0.2) is 4.98 Å². The zero-order chi connectivity index (χ0) is 14.9. The van der Waals surface area contributed by atoms with Crippen LogP contribution in [0.15, 0.2) is 30.5 Å². The van der Waals surface area contributed by atoms with Crippen LogP contribution in [0.5, 0.6) is 0 Å². The maximum absolute atomic E-state index is 4.62. The van der Waals surface area contributed by atoms with Crippen molar-refractivity contribution >= 4 is 11.0 Å². The van der Waals surface area contributed by atoms with E-state index in [0.717, 1.165) is 35.7 Å². The summed E-state index contributed by atoms with van der Waals surface area (Å²) in [7, 11) is 0. The molecule has 2 aromatic rings. The highest BCUT2D eigenvalue weighted by molar-refractivity contribution is 5.73. The summed E-state index contributed by atoms with van der Waals surface area (Å²) in [6.45, 7) is 6.47. The molecule has 0 amide bonds. The van der Waals surface area contributed by atoms with E-state index in [9.17, 15) is 0 Å². The number of benzene rings is 1. The normalized spacial score (nSPS) is 11.4. The lowest BCUT2D eigenvalue weighted by Crippen LogP contribution is -2.15. The van der Waals surface area contributed by atoms with Crippen LogP contribution < -0.4 is 5.32 Å². The fourth-order valence-electron chi connectivity index (χ4n) is 2.45. The van der Waals surface area contributed by atoms with Gasteiger partial charge in [-0.15, -0.1) is 0 Å². The molecule has 0 aliphatic rings. The molecule has 0 atom stereocenters. The van der Waals surface area contributed by atoms with Gasteiger partial charge in [0, 0.05) is 6.54 Å². The van der Waals surface area contributed by atoms with Crippen LogP contribution in [-0.4, -0.2) is 16.5 Å². The van der Waals surface area contributed by atoms with Crippen LogP contribution >= 0.6 is 0 Å². The van der Waals surface area contributed by atoms with Gasteiger partial charge in [0.1, 0.15) is 0 Å². The predicted molar refractivity (Wildman–Crippen MR) is 89.2 cm³/mol. The predicted octanol–water partition coefficient (Wildman–Crippen LogP) is 4.33. The molecule has 0 radical (unpaired) electrons. The second kappa shape index (κ2) is 8.73. The van der Waals surface area contributed by atoms with Crippen molar-refractivity contribution in [1.29, 1.82) is 0 Å². The highest BCUT2D eigenvalue weighted by Crippen LogP contribution is 2.10. The van der Waals surface area contributed by atoms with Crippen LogP contribution in [0.25, 0.3) is 11.0 Å². The molecule has 0 saturated carbocycles. The molecule has 21 heavy (non-hydrogen) atoms. The zero-order valence-corrected chi connectivity index (χ0v) is 13.3. The minimum atomic E-state index is 0.809. The van der Waals surface area contributed by atoms with Crippen molar-refractivity contribution < 1.29 is 0 Å². The lowest BCUT2D eigenvalue weighted by molar-refractivity contribution is 0.511. The Bertz CT molecular complexity index is 537. The first-order chi connectivity index (χ1) is 10.3. The van der Waals surface area contributed by atoms with Gasteiger partial charge in [-0.2, -0.15) is 0 Å². The molecule has 0 spiro atoms. The molecule has 1 aromatic heterocycles. The van der Waals surface area contributed by atoms with E-state index in [0.29, 0.717) is 0 Å². The molecular formula is C18H27N3. The smallest absolute Gasteiger partial charge is 0.0890 e. The summed E-state index contributed by atoms with van der Waals surface area (Å²) < 4.78 is 0. The van der Waals surface area contributed by atoms with Gasteiger partial charge in [0.05, 0.1) is 22.9 Å². The Morgan fingerprint density at radius 2 is 1.76 bits per heavy atom. The second-order valence-corrected chi connectivity index (χ2v) is 6.12. The SMILES string of the molecule is CC(C)CCCCCCNCc1cnc2ccccc2n1. The third-order valence-corrected chi connectivity index (χ3v) is 3.69. The van der Waals surface area contributed by atoms with Crippen molar-refractivity contribution in [2.75, 3.05) is 6.54 Å². The number of unbranched alkanes of at least 4 members (excludes halogenated alkanes) is 3. The average molecular weight is 285 g/mol. The monoisotopic (exact) mass is 285 g/mol. The fourth-order valence-corrected chi connectivity index (χ4v) is 2.45. The van der Waals surface area contributed by atoms with E-state index in [1.54, 1.807) is 0 Å². The summed E-state index contributed by atoms with van der Waals surface area (Å²) in [6.07, 6.45) is 8.53. The summed E-state index contributed by atoms with van der Waals surface area (Å²) in [6, 6.07) is 8.01. The van der Waals surface area contributed by atoms with Crippen molar-refractivity contribution in [3.63, 3.8) is 0 Å². The molecular weight excluding hydrogens is 258 g/mol. The number of hydrogen-bond donors (Lipinski definition) is 1. The number of para-hydroxylation sites is 2.